The zero-order valence-electron chi connectivity index (χ0n) is 6.61. The first kappa shape index (κ1) is 9.60. The lowest BCUT2D eigenvalue weighted by atomic mass is 10.1. The van der Waals surface area contributed by atoms with Crippen molar-refractivity contribution in [3.8, 4) is 17.2 Å². The highest BCUT2D eigenvalue weighted by atomic mass is 19.1. The van der Waals surface area contributed by atoms with E-state index in [2.05, 4.69) is 0 Å². The van der Waals surface area contributed by atoms with Crippen LogP contribution in [0.2, 0.25) is 0 Å². The summed E-state index contributed by atoms with van der Waals surface area (Å²) >= 11 is 0. The summed E-state index contributed by atoms with van der Waals surface area (Å²) in [5.41, 5.74) is -0.319. The van der Waals surface area contributed by atoms with E-state index in [4.69, 9.17) is 20.4 Å². The van der Waals surface area contributed by atoms with Gasteiger partial charge in [0.05, 0.1) is 5.56 Å². The van der Waals surface area contributed by atoms with Crippen LogP contribution in [-0.2, 0) is 0 Å². The van der Waals surface area contributed by atoms with E-state index < -0.39 is 24.3 Å². The molecular formula is C8H9FO4. The van der Waals surface area contributed by atoms with Crippen molar-refractivity contribution in [2.45, 2.75) is 6.10 Å². The number of phenols is 3. The van der Waals surface area contributed by atoms with Gasteiger partial charge in [-0.15, -0.1) is 0 Å². The lowest BCUT2D eigenvalue weighted by Gasteiger charge is -2.10. The minimum atomic E-state index is -1.58. The summed E-state index contributed by atoms with van der Waals surface area (Å²) in [5.74, 6) is -1.44. The third kappa shape index (κ3) is 1.81. The molecule has 0 saturated carbocycles. The maximum atomic E-state index is 12.0. The fourth-order valence-electron chi connectivity index (χ4n) is 1.03. The van der Waals surface area contributed by atoms with Crippen LogP contribution in [0, 0.1) is 0 Å². The van der Waals surface area contributed by atoms with Gasteiger partial charge in [0.1, 0.15) is 30.0 Å². The van der Waals surface area contributed by atoms with Crippen LogP contribution in [0.3, 0.4) is 0 Å². The van der Waals surface area contributed by atoms with Gasteiger partial charge in [-0.2, -0.15) is 0 Å². The van der Waals surface area contributed by atoms with Crippen LogP contribution in [0.25, 0.3) is 0 Å². The Hall–Kier alpha value is -1.49. The molecule has 1 atom stereocenters. The number of hydrogen-bond acceptors (Lipinski definition) is 4. The Bertz CT molecular complexity index is 290. The van der Waals surface area contributed by atoms with Gasteiger partial charge < -0.3 is 20.4 Å². The first-order valence-electron chi connectivity index (χ1n) is 3.55. The summed E-state index contributed by atoms with van der Waals surface area (Å²) < 4.78 is 12.0. The van der Waals surface area contributed by atoms with Gasteiger partial charge in [0.15, 0.2) is 0 Å². The molecule has 0 spiro atoms. The maximum absolute atomic E-state index is 12.0. The molecule has 0 radical (unpaired) electrons. The highest BCUT2D eigenvalue weighted by molar-refractivity contribution is 5.49. The SMILES string of the molecule is Oc1cc(O)c(C(O)CF)c(O)c1. The van der Waals surface area contributed by atoms with Gasteiger partial charge in [0.25, 0.3) is 0 Å². The summed E-state index contributed by atoms with van der Waals surface area (Å²) in [6.07, 6.45) is -1.58. The summed E-state index contributed by atoms with van der Waals surface area (Å²) in [6, 6.07) is 1.82. The molecule has 1 unspecified atom stereocenters. The van der Waals surface area contributed by atoms with E-state index in [1.165, 1.54) is 0 Å². The van der Waals surface area contributed by atoms with Crippen molar-refractivity contribution in [1.29, 1.82) is 0 Å². The molecular weight excluding hydrogens is 179 g/mol. The highest BCUT2D eigenvalue weighted by Gasteiger charge is 2.17. The first-order chi connectivity index (χ1) is 6.06. The molecule has 0 saturated heterocycles. The number of halogens is 1. The molecule has 5 heteroatoms. The molecule has 4 N–H and O–H groups in total. The van der Waals surface area contributed by atoms with Crippen LogP contribution < -0.4 is 0 Å². The van der Waals surface area contributed by atoms with Gasteiger partial charge in [-0.25, -0.2) is 4.39 Å². The van der Waals surface area contributed by atoms with Crippen molar-refractivity contribution in [3.63, 3.8) is 0 Å². The average molecular weight is 188 g/mol. The fraction of sp³-hybridized carbons (Fsp3) is 0.250. The molecule has 4 nitrogen and oxygen atoms in total. The minimum absolute atomic E-state index is 0.319. The number of aliphatic hydroxyl groups excluding tert-OH is 1. The normalized spacial score (nSPS) is 12.8. The van der Waals surface area contributed by atoms with Crippen molar-refractivity contribution in [3.05, 3.63) is 17.7 Å². The Morgan fingerprint density at radius 1 is 1.15 bits per heavy atom. The van der Waals surface area contributed by atoms with E-state index in [1.54, 1.807) is 0 Å². The zero-order valence-corrected chi connectivity index (χ0v) is 6.61. The van der Waals surface area contributed by atoms with Crippen LogP contribution in [0.5, 0.6) is 17.2 Å². The lowest BCUT2D eigenvalue weighted by Crippen LogP contribution is -1.99. The molecule has 0 aromatic heterocycles. The van der Waals surface area contributed by atoms with E-state index in [-0.39, 0.29) is 11.3 Å². The third-order valence-electron chi connectivity index (χ3n) is 1.60. The molecule has 0 heterocycles. The predicted octanol–water partition coefficient (Wildman–Crippen LogP) is 0.806. The largest absolute Gasteiger partial charge is 0.508 e. The zero-order chi connectivity index (χ0) is 10.0. The van der Waals surface area contributed by atoms with E-state index in [0.717, 1.165) is 12.1 Å². The van der Waals surface area contributed by atoms with Gasteiger partial charge in [-0.3, -0.25) is 0 Å². The summed E-state index contributed by atoms with van der Waals surface area (Å²) in [5, 5.41) is 36.1. The monoisotopic (exact) mass is 188 g/mol. The number of hydrogen-bond donors (Lipinski definition) is 4. The maximum Gasteiger partial charge on any atom is 0.128 e. The highest BCUT2D eigenvalue weighted by Crippen LogP contribution is 2.36. The predicted molar refractivity (Wildman–Crippen MR) is 42.4 cm³/mol. The quantitative estimate of drug-likeness (QED) is 0.553. The Morgan fingerprint density at radius 3 is 2.00 bits per heavy atom. The summed E-state index contributed by atoms with van der Waals surface area (Å²) in [6.45, 7) is -1.12. The molecule has 72 valence electrons. The second-order valence-electron chi connectivity index (χ2n) is 2.57. The topological polar surface area (TPSA) is 80.9 Å². The summed E-state index contributed by atoms with van der Waals surface area (Å²) in [4.78, 5) is 0. The number of aliphatic hydroxyl groups is 1. The number of rotatable bonds is 2. The first-order valence-corrected chi connectivity index (χ1v) is 3.55. The van der Waals surface area contributed by atoms with Crippen molar-refractivity contribution in [2.24, 2.45) is 0 Å². The number of aromatic hydroxyl groups is 3. The third-order valence-corrected chi connectivity index (χ3v) is 1.60. The van der Waals surface area contributed by atoms with Crippen LogP contribution in [0.4, 0.5) is 4.39 Å². The number of phenolic OH excluding ortho intramolecular Hbond substituents is 3. The second kappa shape index (κ2) is 3.49. The number of alkyl halides is 1. The Labute approximate surface area is 73.5 Å². The van der Waals surface area contributed by atoms with Gasteiger partial charge in [-0.1, -0.05) is 0 Å². The molecule has 0 amide bonds. The molecule has 0 aliphatic rings. The van der Waals surface area contributed by atoms with Crippen LogP contribution in [-0.4, -0.2) is 27.1 Å². The molecule has 0 aliphatic carbocycles. The molecule has 0 bridgehead atoms. The van der Waals surface area contributed by atoms with E-state index in [9.17, 15) is 4.39 Å². The molecule has 13 heavy (non-hydrogen) atoms. The van der Waals surface area contributed by atoms with Gasteiger partial charge in [0, 0.05) is 12.1 Å². The Balaban J connectivity index is 3.20. The molecule has 0 fully saturated rings. The molecule has 1 rings (SSSR count). The molecule has 0 aliphatic heterocycles. The van der Waals surface area contributed by atoms with Gasteiger partial charge in [-0.05, 0) is 0 Å². The molecule has 1 aromatic rings. The Morgan fingerprint density at radius 2 is 1.62 bits per heavy atom. The number of benzene rings is 1. The average Bonchev–Trinajstić information content (AvgIpc) is 2.02. The Kier molecular flexibility index (Phi) is 2.57. The second-order valence-corrected chi connectivity index (χ2v) is 2.57. The van der Waals surface area contributed by atoms with Crippen molar-refractivity contribution in [2.75, 3.05) is 6.67 Å². The van der Waals surface area contributed by atoms with Crippen LogP contribution in [0.1, 0.15) is 11.7 Å². The summed E-state index contributed by atoms with van der Waals surface area (Å²) in [7, 11) is 0. The van der Waals surface area contributed by atoms with E-state index >= 15 is 0 Å². The van der Waals surface area contributed by atoms with Crippen molar-refractivity contribution in [1.82, 2.24) is 0 Å². The minimum Gasteiger partial charge on any atom is -0.508 e. The molecule has 1 aromatic carbocycles. The van der Waals surface area contributed by atoms with Gasteiger partial charge in [0.2, 0.25) is 0 Å². The van der Waals surface area contributed by atoms with Crippen LogP contribution >= 0.6 is 0 Å². The van der Waals surface area contributed by atoms with E-state index in [1.807, 2.05) is 0 Å². The van der Waals surface area contributed by atoms with Crippen molar-refractivity contribution < 1.29 is 24.8 Å². The fourth-order valence-corrected chi connectivity index (χ4v) is 1.03. The van der Waals surface area contributed by atoms with Crippen LogP contribution in [0.15, 0.2) is 12.1 Å². The lowest BCUT2D eigenvalue weighted by molar-refractivity contribution is 0.135. The van der Waals surface area contributed by atoms with E-state index in [0.29, 0.717) is 0 Å². The van der Waals surface area contributed by atoms with Crippen molar-refractivity contribution >= 4 is 0 Å². The van der Waals surface area contributed by atoms with Gasteiger partial charge >= 0.3 is 0 Å². The smallest absolute Gasteiger partial charge is 0.128 e. The standard InChI is InChI=1S/C8H9FO4/c9-3-7(13)8-5(11)1-4(10)2-6(8)12/h1-2,7,10-13H,3H2.